The molecule has 5 rings (SSSR count). The van der Waals surface area contributed by atoms with Crippen LogP contribution in [0.25, 0.3) is 11.4 Å². The lowest BCUT2D eigenvalue weighted by Gasteiger charge is -2.40. The Morgan fingerprint density at radius 1 is 1.10 bits per heavy atom. The van der Waals surface area contributed by atoms with Crippen LogP contribution in [0.15, 0.2) is 61.2 Å². The molecule has 0 spiro atoms. The van der Waals surface area contributed by atoms with Gasteiger partial charge in [0.2, 0.25) is 10.0 Å². The van der Waals surface area contributed by atoms with Gasteiger partial charge in [0, 0.05) is 35.6 Å². The molecule has 15 heteroatoms. The van der Waals surface area contributed by atoms with Crippen molar-refractivity contribution in [3.05, 3.63) is 83.2 Å². The van der Waals surface area contributed by atoms with Crippen LogP contribution in [0, 0.1) is 5.82 Å². The molecule has 1 aliphatic rings. The van der Waals surface area contributed by atoms with E-state index in [1.165, 1.54) is 35.5 Å². The standard InChI is InChI=1S/C27H24ClF3N6O4S/c1-36-12-16(26(38)34-20-5-18(28)6-21(8-20)35-42(2,39)40)4-24(36)25-17(13-41-23-7-19(29)9-32-11-23)3-22(10-33-25)37-14-27(30,31)15-37/h3-12,35H,13-15H2,1-2H3,(H,34,38). The third-order valence-corrected chi connectivity index (χ3v) is 7.03. The van der Waals surface area contributed by atoms with E-state index in [1.54, 1.807) is 29.9 Å². The number of amides is 1. The van der Waals surface area contributed by atoms with E-state index in [0.717, 1.165) is 18.5 Å². The number of carbonyl (C=O) groups excluding carboxylic acids is 1. The number of benzene rings is 1. The first-order chi connectivity index (χ1) is 19.7. The first-order valence-corrected chi connectivity index (χ1v) is 14.6. The highest BCUT2D eigenvalue weighted by Gasteiger charge is 2.44. The Morgan fingerprint density at radius 3 is 2.52 bits per heavy atom. The molecule has 1 aromatic carbocycles. The molecule has 3 aromatic heterocycles. The summed E-state index contributed by atoms with van der Waals surface area (Å²) in [7, 11) is -1.87. The Kier molecular flexibility index (Phi) is 7.77. The highest BCUT2D eigenvalue weighted by atomic mass is 35.5. The summed E-state index contributed by atoms with van der Waals surface area (Å²) in [4.78, 5) is 22.9. The molecule has 10 nitrogen and oxygen atoms in total. The minimum Gasteiger partial charge on any atom is -0.487 e. The van der Waals surface area contributed by atoms with Gasteiger partial charge in [-0.1, -0.05) is 11.6 Å². The summed E-state index contributed by atoms with van der Waals surface area (Å²) in [5.74, 6) is -3.71. The fraction of sp³-hybridized carbons (Fsp3) is 0.222. The maximum Gasteiger partial charge on any atom is 0.282 e. The van der Waals surface area contributed by atoms with E-state index in [9.17, 15) is 26.4 Å². The summed E-state index contributed by atoms with van der Waals surface area (Å²) in [6, 6.07) is 8.70. The maximum atomic E-state index is 13.6. The molecule has 42 heavy (non-hydrogen) atoms. The third kappa shape index (κ3) is 6.94. The topological polar surface area (TPSA) is 118 Å². The van der Waals surface area contributed by atoms with Gasteiger partial charge in [0.1, 0.15) is 18.2 Å². The number of aromatic nitrogens is 3. The predicted octanol–water partition coefficient (Wildman–Crippen LogP) is 4.93. The van der Waals surface area contributed by atoms with Crippen LogP contribution in [-0.4, -0.2) is 54.1 Å². The van der Waals surface area contributed by atoms with Gasteiger partial charge < -0.3 is 19.5 Å². The molecular formula is C27H24ClF3N6O4S. The van der Waals surface area contributed by atoms with Crippen molar-refractivity contribution < 1.29 is 31.1 Å². The first-order valence-electron chi connectivity index (χ1n) is 12.4. The van der Waals surface area contributed by atoms with E-state index >= 15 is 0 Å². The molecule has 0 aliphatic carbocycles. The molecule has 4 heterocycles. The van der Waals surface area contributed by atoms with Crippen LogP contribution in [0.4, 0.5) is 30.2 Å². The molecule has 0 unspecified atom stereocenters. The third-order valence-electron chi connectivity index (χ3n) is 6.20. The number of hydrogen-bond acceptors (Lipinski definition) is 7. The summed E-state index contributed by atoms with van der Waals surface area (Å²) in [5, 5.41) is 2.90. The SMILES string of the molecule is Cn1cc(C(=O)Nc2cc(Cl)cc(NS(C)(=O)=O)c2)cc1-c1ncc(N2CC(F)(F)C2)cc1COc1cncc(F)c1. The van der Waals surface area contributed by atoms with Gasteiger partial charge >= 0.3 is 0 Å². The van der Waals surface area contributed by atoms with Crippen LogP contribution in [0.5, 0.6) is 5.75 Å². The Labute approximate surface area is 244 Å². The van der Waals surface area contributed by atoms with Gasteiger partial charge in [-0.15, -0.1) is 0 Å². The highest BCUT2D eigenvalue weighted by molar-refractivity contribution is 7.92. The van der Waals surface area contributed by atoms with Crippen molar-refractivity contribution in [3.8, 4) is 17.1 Å². The number of sulfonamides is 1. The lowest BCUT2D eigenvalue weighted by Crippen LogP contribution is -2.56. The van der Waals surface area contributed by atoms with Crippen molar-refractivity contribution in [3.63, 3.8) is 0 Å². The zero-order valence-corrected chi connectivity index (χ0v) is 23.8. The minimum atomic E-state index is -3.57. The average molecular weight is 621 g/mol. The monoisotopic (exact) mass is 620 g/mol. The number of pyridine rings is 2. The van der Waals surface area contributed by atoms with Crippen LogP contribution >= 0.6 is 11.6 Å². The number of halogens is 4. The molecule has 220 valence electrons. The number of alkyl halides is 2. The molecule has 1 aliphatic heterocycles. The Bertz CT molecular complexity index is 1780. The smallest absolute Gasteiger partial charge is 0.282 e. The van der Waals surface area contributed by atoms with Crippen molar-refractivity contribution in [2.45, 2.75) is 12.5 Å². The van der Waals surface area contributed by atoms with Gasteiger partial charge in [-0.2, -0.15) is 0 Å². The van der Waals surface area contributed by atoms with E-state index in [2.05, 4.69) is 20.0 Å². The Balaban J connectivity index is 1.42. The van der Waals surface area contributed by atoms with Crippen LogP contribution in [0.3, 0.4) is 0 Å². The zero-order chi connectivity index (χ0) is 30.2. The molecule has 0 saturated carbocycles. The van der Waals surface area contributed by atoms with Crippen LogP contribution in [0.1, 0.15) is 15.9 Å². The second-order valence-corrected chi connectivity index (χ2v) is 12.0. The fourth-order valence-corrected chi connectivity index (χ4v) is 5.18. The minimum absolute atomic E-state index is 0.0864. The van der Waals surface area contributed by atoms with Crippen molar-refractivity contribution in [1.29, 1.82) is 0 Å². The van der Waals surface area contributed by atoms with Gasteiger partial charge in [-0.05, 0) is 30.3 Å². The van der Waals surface area contributed by atoms with Gasteiger partial charge in [-0.3, -0.25) is 19.5 Å². The molecule has 0 bridgehead atoms. The van der Waals surface area contributed by atoms with E-state index in [-0.39, 0.29) is 34.3 Å². The first kappa shape index (κ1) is 29.2. The molecule has 0 atom stereocenters. The lowest BCUT2D eigenvalue weighted by molar-refractivity contribution is -0.0263. The van der Waals surface area contributed by atoms with Crippen LogP contribution in [0.2, 0.25) is 5.02 Å². The number of carbonyl (C=O) groups is 1. The van der Waals surface area contributed by atoms with E-state index in [0.29, 0.717) is 22.6 Å². The van der Waals surface area contributed by atoms with Gasteiger partial charge in [0.05, 0.1) is 66.3 Å². The second kappa shape index (κ2) is 11.2. The number of rotatable bonds is 9. The lowest BCUT2D eigenvalue weighted by atomic mass is 10.1. The highest BCUT2D eigenvalue weighted by Crippen LogP contribution is 2.34. The fourth-order valence-electron chi connectivity index (χ4n) is 4.40. The van der Waals surface area contributed by atoms with Crippen LogP contribution in [-0.2, 0) is 23.7 Å². The van der Waals surface area contributed by atoms with Gasteiger partial charge in [0.15, 0.2) is 0 Å². The summed E-state index contributed by atoms with van der Waals surface area (Å²) >= 11 is 6.10. The quantitative estimate of drug-likeness (QED) is 0.272. The van der Waals surface area contributed by atoms with E-state index < -0.39 is 40.8 Å². The van der Waals surface area contributed by atoms with Gasteiger partial charge in [-0.25, -0.2) is 21.6 Å². The molecule has 1 saturated heterocycles. The number of hydrogen-bond donors (Lipinski definition) is 2. The Morgan fingerprint density at radius 2 is 1.83 bits per heavy atom. The largest absolute Gasteiger partial charge is 0.487 e. The van der Waals surface area contributed by atoms with Crippen molar-refractivity contribution in [2.75, 3.05) is 34.3 Å². The molecule has 2 N–H and O–H groups in total. The summed E-state index contributed by atoms with van der Waals surface area (Å²) < 4.78 is 73.6. The summed E-state index contributed by atoms with van der Waals surface area (Å²) in [5.41, 5.74) is 2.59. The summed E-state index contributed by atoms with van der Waals surface area (Å²) in [6.45, 7) is -0.972. The van der Waals surface area contributed by atoms with Crippen molar-refractivity contribution in [1.82, 2.24) is 14.5 Å². The zero-order valence-electron chi connectivity index (χ0n) is 22.2. The van der Waals surface area contributed by atoms with E-state index in [1.807, 2.05) is 0 Å². The summed E-state index contributed by atoms with van der Waals surface area (Å²) in [6.07, 6.45) is 6.40. The molecule has 1 amide bonds. The predicted molar refractivity (Wildman–Crippen MR) is 152 cm³/mol. The molecular weight excluding hydrogens is 597 g/mol. The average Bonchev–Trinajstić information content (AvgIpc) is 3.26. The second-order valence-electron chi connectivity index (χ2n) is 9.82. The number of anilines is 3. The van der Waals surface area contributed by atoms with Crippen LogP contribution < -0.4 is 19.7 Å². The van der Waals surface area contributed by atoms with Crippen molar-refractivity contribution >= 4 is 44.6 Å². The normalized spacial score (nSPS) is 14.3. The molecule has 1 fully saturated rings. The number of aryl methyl sites for hydroxylation is 1. The Hall–Kier alpha value is -4.30. The van der Waals surface area contributed by atoms with Gasteiger partial charge in [0.25, 0.3) is 11.8 Å². The molecule has 4 aromatic rings. The molecule has 0 radical (unpaired) electrons. The number of ether oxygens (including phenoxy) is 1. The number of nitrogens with zero attached hydrogens (tertiary/aromatic N) is 4. The number of nitrogens with one attached hydrogen (secondary N) is 2. The maximum absolute atomic E-state index is 13.6. The van der Waals surface area contributed by atoms with E-state index in [4.69, 9.17) is 16.3 Å². The van der Waals surface area contributed by atoms with Crippen molar-refractivity contribution in [2.24, 2.45) is 7.05 Å².